The van der Waals surface area contributed by atoms with Crippen LogP contribution in [0.25, 0.3) is 0 Å². The van der Waals surface area contributed by atoms with Crippen LogP contribution in [0.3, 0.4) is 0 Å². The second-order valence-corrected chi connectivity index (χ2v) is 6.08. The van der Waals surface area contributed by atoms with Gasteiger partial charge in [-0.2, -0.15) is 0 Å². The van der Waals surface area contributed by atoms with Crippen LogP contribution in [0.4, 0.5) is 0 Å². The molecule has 2 aromatic carbocycles. The van der Waals surface area contributed by atoms with Crippen LogP contribution in [-0.4, -0.2) is 31.5 Å². The number of methoxy groups -OCH3 is 1. The number of hydrogen-bond donors (Lipinski definition) is 2. The van der Waals surface area contributed by atoms with Crippen molar-refractivity contribution in [2.75, 3.05) is 13.7 Å². The van der Waals surface area contributed by atoms with E-state index in [9.17, 15) is 14.4 Å². The standard InChI is InChI=1S/C20H22N2O5/c1-13(2)14-8-10-17(11-9-14)27-12-18(23)21-22-19(24)15-4-6-16(7-5-15)20(25)26-3/h4-11,13H,12H2,1-3H3,(H,21,23)(H,22,24). The third kappa shape index (κ3) is 5.85. The molecule has 0 aliphatic carbocycles. The van der Waals surface area contributed by atoms with Gasteiger partial charge >= 0.3 is 5.97 Å². The first-order chi connectivity index (χ1) is 12.9. The maximum atomic E-state index is 12.0. The summed E-state index contributed by atoms with van der Waals surface area (Å²) in [6.07, 6.45) is 0. The molecule has 7 heteroatoms. The van der Waals surface area contributed by atoms with Crippen LogP contribution >= 0.6 is 0 Å². The summed E-state index contributed by atoms with van der Waals surface area (Å²) in [6, 6.07) is 13.3. The first kappa shape index (κ1) is 20.0. The van der Waals surface area contributed by atoms with E-state index in [-0.39, 0.29) is 12.2 Å². The molecule has 0 saturated carbocycles. The minimum absolute atomic E-state index is 0.234. The summed E-state index contributed by atoms with van der Waals surface area (Å²) in [5.41, 5.74) is 6.35. The van der Waals surface area contributed by atoms with E-state index >= 15 is 0 Å². The highest BCUT2D eigenvalue weighted by molar-refractivity contribution is 5.97. The van der Waals surface area contributed by atoms with Crippen molar-refractivity contribution in [3.8, 4) is 5.75 Å². The van der Waals surface area contributed by atoms with Crippen LogP contribution in [-0.2, 0) is 9.53 Å². The molecule has 2 N–H and O–H groups in total. The fourth-order valence-electron chi connectivity index (χ4n) is 2.21. The van der Waals surface area contributed by atoms with Crippen LogP contribution in [0.2, 0.25) is 0 Å². The van der Waals surface area contributed by atoms with Crippen molar-refractivity contribution >= 4 is 17.8 Å². The lowest BCUT2D eigenvalue weighted by atomic mass is 10.0. The lowest BCUT2D eigenvalue weighted by molar-refractivity contribution is -0.123. The Hall–Kier alpha value is -3.35. The van der Waals surface area contributed by atoms with Crippen LogP contribution in [0.5, 0.6) is 5.75 Å². The van der Waals surface area contributed by atoms with Gasteiger partial charge in [-0.15, -0.1) is 0 Å². The molecule has 7 nitrogen and oxygen atoms in total. The van der Waals surface area contributed by atoms with Crippen molar-refractivity contribution in [3.05, 3.63) is 65.2 Å². The second-order valence-electron chi connectivity index (χ2n) is 6.08. The molecule has 0 aliphatic heterocycles. The number of benzene rings is 2. The molecule has 0 heterocycles. The molecule has 0 spiro atoms. The molecule has 142 valence electrons. The SMILES string of the molecule is COC(=O)c1ccc(C(=O)NNC(=O)COc2ccc(C(C)C)cc2)cc1. The molecule has 0 unspecified atom stereocenters. The van der Waals surface area contributed by atoms with Gasteiger partial charge in [0.2, 0.25) is 0 Å². The number of carbonyl (C=O) groups is 3. The molecule has 0 saturated heterocycles. The first-order valence-corrected chi connectivity index (χ1v) is 8.41. The minimum atomic E-state index is -0.513. The largest absolute Gasteiger partial charge is 0.484 e. The zero-order chi connectivity index (χ0) is 19.8. The number of hydrogen-bond acceptors (Lipinski definition) is 5. The van der Waals surface area contributed by atoms with Gasteiger partial charge in [0.05, 0.1) is 12.7 Å². The summed E-state index contributed by atoms with van der Waals surface area (Å²) in [7, 11) is 1.28. The second kappa shape index (κ2) is 9.38. The molecule has 2 aromatic rings. The summed E-state index contributed by atoms with van der Waals surface area (Å²) in [5, 5.41) is 0. The topological polar surface area (TPSA) is 93.7 Å². The molecule has 2 amide bonds. The Morgan fingerprint density at radius 3 is 2.04 bits per heavy atom. The maximum Gasteiger partial charge on any atom is 0.337 e. The van der Waals surface area contributed by atoms with E-state index in [1.165, 1.54) is 36.9 Å². The highest BCUT2D eigenvalue weighted by Crippen LogP contribution is 2.18. The van der Waals surface area contributed by atoms with Crippen molar-refractivity contribution in [1.82, 2.24) is 10.9 Å². The van der Waals surface area contributed by atoms with Gasteiger partial charge in [0, 0.05) is 5.56 Å². The van der Waals surface area contributed by atoms with Gasteiger partial charge in [-0.05, 0) is 47.9 Å². The number of rotatable bonds is 6. The summed E-state index contributed by atoms with van der Waals surface area (Å²) < 4.78 is 9.97. The van der Waals surface area contributed by atoms with E-state index in [0.717, 1.165) is 0 Å². The van der Waals surface area contributed by atoms with E-state index in [0.29, 0.717) is 17.2 Å². The van der Waals surface area contributed by atoms with Gasteiger partial charge in [0.25, 0.3) is 11.8 Å². The number of nitrogens with one attached hydrogen (secondary N) is 2. The first-order valence-electron chi connectivity index (χ1n) is 8.41. The highest BCUT2D eigenvalue weighted by atomic mass is 16.5. The van der Waals surface area contributed by atoms with Crippen molar-refractivity contribution in [1.29, 1.82) is 0 Å². The Kier molecular flexibility index (Phi) is 6.93. The average molecular weight is 370 g/mol. The molecule has 0 radical (unpaired) electrons. The zero-order valence-corrected chi connectivity index (χ0v) is 15.4. The molecule has 0 atom stereocenters. The normalized spacial score (nSPS) is 10.2. The van der Waals surface area contributed by atoms with Gasteiger partial charge in [0.1, 0.15) is 5.75 Å². The molecule has 2 rings (SSSR count). The summed E-state index contributed by atoms with van der Waals surface area (Å²) in [6.45, 7) is 3.95. The third-order valence-electron chi connectivity index (χ3n) is 3.80. The van der Waals surface area contributed by atoms with Crippen LogP contribution in [0.1, 0.15) is 46.0 Å². The Morgan fingerprint density at radius 2 is 1.48 bits per heavy atom. The van der Waals surface area contributed by atoms with E-state index in [1.54, 1.807) is 12.1 Å². The van der Waals surface area contributed by atoms with Gasteiger partial charge < -0.3 is 9.47 Å². The highest BCUT2D eigenvalue weighted by Gasteiger charge is 2.10. The Labute approximate surface area is 157 Å². The smallest absolute Gasteiger partial charge is 0.337 e. The quantitative estimate of drug-likeness (QED) is 0.602. The maximum absolute atomic E-state index is 12.0. The number of carbonyl (C=O) groups excluding carboxylic acids is 3. The monoisotopic (exact) mass is 370 g/mol. The van der Waals surface area contributed by atoms with E-state index in [1.807, 2.05) is 12.1 Å². The van der Waals surface area contributed by atoms with Crippen molar-refractivity contribution in [2.24, 2.45) is 0 Å². The predicted molar refractivity (Wildman–Crippen MR) is 99.4 cm³/mol. The zero-order valence-electron chi connectivity index (χ0n) is 15.4. The van der Waals surface area contributed by atoms with Crippen molar-refractivity contribution < 1.29 is 23.9 Å². The van der Waals surface area contributed by atoms with Crippen molar-refractivity contribution in [3.63, 3.8) is 0 Å². The number of amides is 2. The summed E-state index contributed by atoms with van der Waals surface area (Å²) >= 11 is 0. The van der Waals surface area contributed by atoms with E-state index in [4.69, 9.17) is 4.74 Å². The molecule has 0 aliphatic rings. The number of ether oxygens (including phenoxy) is 2. The minimum Gasteiger partial charge on any atom is -0.484 e. The van der Waals surface area contributed by atoms with Crippen LogP contribution in [0.15, 0.2) is 48.5 Å². The van der Waals surface area contributed by atoms with Gasteiger partial charge in [0.15, 0.2) is 6.61 Å². The molecule has 27 heavy (non-hydrogen) atoms. The van der Waals surface area contributed by atoms with Crippen LogP contribution < -0.4 is 15.6 Å². The number of esters is 1. The molecule has 0 bridgehead atoms. The van der Waals surface area contributed by atoms with Crippen molar-refractivity contribution in [2.45, 2.75) is 19.8 Å². The summed E-state index contributed by atoms with van der Waals surface area (Å²) in [5.74, 6) is -0.518. The number of hydrazine groups is 1. The fourth-order valence-corrected chi connectivity index (χ4v) is 2.21. The Morgan fingerprint density at radius 1 is 0.889 bits per heavy atom. The predicted octanol–water partition coefficient (Wildman–Crippen LogP) is 2.44. The van der Waals surface area contributed by atoms with Gasteiger partial charge in [-0.3, -0.25) is 20.4 Å². The molecule has 0 fully saturated rings. The average Bonchev–Trinajstić information content (AvgIpc) is 2.70. The molecular formula is C20H22N2O5. The molecular weight excluding hydrogens is 348 g/mol. The lowest BCUT2D eigenvalue weighted by Crippen LogP contribution is -2.43. The van der Waals surface area contributed by atoms with E-state index in [2.05, 4.69) is 29.4 Å². The lowest BCUT2D eigenvalue weighted by Gasteiger charge is -2.10. The summed E-state index contributed by atoms with van der Waals surface area (Å²) in [4.78, 5) is 35.1. The van der Waals surface area contributed by atoms with Gasteiger partial charge in [-0.1, -0.05) is 26.0 Å². The fraction of sp³-hybridized carbons (Fsp3) is 0.250. The third-order valence-corrected chi connectivity index (χ3v) is 3.80. The van der Waals surface area contributed by atoms with Gasteiger partial charge in [-0.25, -0.2) is 4.79 Å². The van der Waals surface area contributed by atoms with Crippen LogP contribution in [0, 0.1) is 0 Å². The Bertz CT molecular complexity index is 798. The van der Waals surface area contributed by atoms with E-state index < -0.39 is 17.8 Å². The molecule has 0 aromatic heterocycles. The Balaban J connectivity index is 1.79.